The van der Waals surface area contributed by atoms with E-state index in [0.29, 0.717) is 48.2 Å². The fourth-order valence-electron chi connectivity index (χ4n) is 4.84. The molecule has 0 spiro atoms. The molecule has 9 nitrogen and oxygen atoms in total. The number of pyridine rings is 1. The van der Waals surface area contributed by atoms with Crippen LogP contribution >= 0.6 is 11.8 Å². The van der Waals surface area contributed by atoms with Crippen LogP contribution in [0.1, 0.15) is 49.5 Å². The summed E-state index contributed by atoms with van der Waals surface area (Å²) in [4.78, 5) is 5.22. The van der Waals surface area contributed by atoms with Crippen molar-refractivity contribution in [3.63, 3.8) is 0 Å². The second kappa shape index (κ2) is 14.2. The van der Waals surface area contributed by atoms with Crippen molar-refractivity contribution in [3.8, 4) is 28.7 Å². The molecule has 2 atom stereocenters. The van der Waals surface area contributed by atoms with E-state index in [1.54, 1.807) is 51.6 Å². The topological polar surface area (TPSA) is 102 Å². The van der Waals surface area contributed by atoms with Crippen molar-refractivity contribution in [2.24, 2.45) is 0 Å². The average molecular weight is 604 g/mol. The number of ether oxygens (including phenoxy) is 6. The van der Waals surface area contributed by atoms with Gasteiger partial charge in [-0.25, -0.2) is 8.42 Å². The summed E-state index contributed by atoms with van der Waals surface area (Å²) in [6.07, 6.45) is 4.80. The smallest absolute Gasteiger partial charge is 0.203 e. The number of hydrogen-bond acceptors (Lipinski definition) is 10. The highest BCUT2D eigenvalue weighted by Gasteiger charge is 2.32. The van der Waals surface area contributed by atoms with Gasteiger partial charge in [-0.05, 0) is 66.8 Å². The minimum Gasteiger partial charge on any atom is -0.493 e. The summed E-state index contributed by atoms with van der Waals surface area (Å²) in [6.45, 7) is 2.15. The van der Waals surface area contributed by atoms with Crippen LogP contribution in [0.5, 0.6) is 28.7 Å². The van der Waals surface area contributed by atoms with Gasteiger partial charge in [-0.2, -0.15) is 0 Å². The van der Waals surface area contributed by atoms with Crippen molar-refractivity contribution in [2.45, 2.75) is 48.2 Å². The van der Waals surface area contributed by atoms with E-state index < -0.39 is 9.84 Å². The third kappa shape index (κ3) is 7.20. The lowest BCUT2D eigenvalue weighted by Gasteiger charge is -2.21. The van der Waals surface area contributed by atoms with Crippen LogP contribution in [0.15, 0.2) is 58.6 Å². The second-order valence-corrected chi connectivity index (χ2v) is 12.6. The first kappa shape index (κ1) is 30.8. The zero-order valence-corrected chi connectivity index (χ0v) is 25.7. The van der Waals surface area contributed by atoms with E-state index in [9.17, 15) is 8.42 Å². The van der Waals surface area contributed by atoms with E-state index in [4.69, 9.17) is 28.4 Å². The highest BCUT2D eigenvalue weighted by atomic mass is 32.2. The first-order chi connectivity index (χ1) is 19.8. The minimum absolute atomic E-state index is 0.00131. The van der Waals surface area contributed by atoms with Crippen LogP contribution in [-0.2, 0) is 14.6 Å². The molecule has 2 heterocycles. The summed E-state index contributed by atoms with van der Waals surface area (Å²) in [5.41, 5.74) is 1.62. The van der Waals surface area contributed by atoms with Crippen LogP contribution in [0.4, 0.5) is 0 Å². The van der Waals surface area contributed by atoms with E-state index in [0.717, 1.165) is 22.4 Å². The van der Waals surface area contributed by atoms with Crippen molar-refractivity contribution in [1.82, 2.24) is 4.98 Å². The second-order valence-electron chi connectivity index (χ2n) is 9.40. The number of nitrogens with zero attached hydrogens (tertiary/aromatic N) is 1. The predicted molar refractivity (Wildman–Crippen MR) is 158 cm³/mol. The normalized spacial score (nSPS) is 16.8. The van der Waals surface area contributed by atoms with Crippen molar-refractivity contribution >= 4 is 21.6 Å². The predicted octanol–water partition coefficient (Wildman–Crippen LogP) is 6.06. The number of thioether (sulfide) groups is 1. The van der Waals surface area contributed by atoms with E-state index in [1.807, 2.05) is 37.3 Å². The van der Waals surface area contributed by atoms with Crippen molar-refractivity contribution in [2.75, 3.05) is 46.6 Å². The van der Waals surface area contributed by atoms with Crippen LogP contribution in [-0.4, -0.2) is 60.0 Å². The maximum absolute atomic E-state index is 13.4. The fourth-order valence-corrected chi connectivity index (χ4v) is 7.07. The first-order valence-electron chi connectivity index (χ1n) is 13.4. The van der Waals surface area contributed by atoms with Gasteiger partial charge in [0, 0.05) is 23.0 Å². The van der Waals surface area contributed by atoms with Crippen LogP contribution in [0.2, 0.25) is 0 Å². The summed E-state index contributed by atoms with van der Waals surface area (Å²) in [7, 11) is 2.60. The molecule has 1 saturated heterocycles. The number of rotatable bonds is 14. The van der Waals surface area contributed by atoms with Gasteiger partial charge in [0.1, 0.15) is 4.90 Å². The number of sulfone groups is 1. The number of hydrogen-bond donors (Lipinski definition) is 0. The Morgan fingerprint density at radius 1 is 0.854 bits per heavy atom. The molecule has 1 aliphatic rings. The summed E-state index contributed by atoms with van der Waals surface area (Å²) in [6, 6.07) is 11.1. The van der Waals surface area contributed by atoms with Gasteiger partial charge in [0.05, 0.1) is 53.0 Å². The van der Waals surface area contributed by atoms with Gasteiger partial charge in [-0.3, -0.25) is 4.98 Å². The molecule has 0 amide bonds. The van der Waals surface area contributed by atoms with Crippen molar-refractivity contribution < 1.29 is 36.8 Å². The van der Waals surface area contributed by atoms with Gasteiger partial charge < -0.3 is 28.4 Å². The molecule has 2 aromatic carbocycles. The zero-order valence-electron chi connectivity index (χ0n) is 24.0. The zero-order chi connectivity index (χ0) is 29.4. The van der Waals surface area contributed by atoms with E-state index in [2.05, 4.69) is 4.98 Å². The minimum atomic E-state index is -3.63. The lowest BCUT2D eigenvalue weighted by molar-refractivity contribution is 0.0435. The standard InChI is InChI=1S/C30H37NO8S2/c1-6-15-41(32,33)28-19-21(18-27(36-4)30(28)38-13-14-40-22-9-11-31-12-10-22)24-8-7-23(39-24)20-16-25(34-2)29(37-5)26(17-20)35-3/h9-12,16-19,23-24H,6-8,13-15H2,1-5H3/t23-,24-/m1/s1. The molecule has 1 aliphatic heterocycles. The molecular formula is C30H37NO8S2. The Bertz CT molecular complexity index is 1390. The Kier molecular flexibility index (Phi) is 10.6. The maximum atomic E-state index is 13.4. The Morgan fingerprint density at radius 2 is 1.41 bits per heavy atom. The Labute approximate surface area is 246 Å². The molecule has 0 radical (unpaired) electrons. The van der Waals surface area contributed by atoms with Crippen LogP contribution in [0, 0.1) is 0 Å². The maximum Gasteiger partial charge on any atom is 0.203 e. The molecule has 0 unspecified atom stereocenters. The van der Waals surface area contributed by atoms with Gasteiger partial charge in [-0.1, -0.05) is 6.92 Å². The van der Waals surface area contributed by atoms with Crippen LogP contribution in [0.3, 0.4) is 0 Å². The Balaban J connectivity index is 1.60. The molecule has 0 N–H and O–H groups in total. The number of aromatic nitrogens is 1. The number of methoxy groups -OCH3 is 4. The van der Waals surface area contributed by atoms with Gasteiger partial charge >= 0.3 is 0 Å². The quantitative estimate of drug-likeness (QED) is 0.159. The summed E-state index contributed by atoms with van der Waals surface area (Å²) < 4.78 is 61.5. The van der Waals surface area contributed by atoms with Gasteiger partial charge in [0.15, 0.2) is 32.8 Å². The molecule has 1 fully saturated rings. The molecule has 222 valence electrons. The van der Waals surface area contributed by atoms with E-state index >= 15 is 0 Å². The van der Waals surface area contributed by atoms with E-state index in [1.165, 1.54) is 7.11 Å². The van der Waals surface area contributed by atoms with Gasteiger partial charge in [-0.15, -0.1) is 11.8 Å². The van der Waals surface area contributed by atoms with E-state index in [-0.39, 0.29) is 28.6 Å². The summed E-state index contributed by atoms with van der Waals surface area (Å²) in [5.74, 6) is 2.84. The molecule has 41 heavy (non-hydrogen) atoms. The van der Waals surface area contributed by atoms with Crippen LogP contribution in [0.25, 0.3) is 0 Å². The van der Waals surface area contributed by atoms with Gasteiger partial charge in [0.25, 0.3) is 0 Å². The lowest BCUT2D eigenvalue weighted by Crippen LogP contribution is -2.12. The summed E-state index contributed by atoms with van der Waals surface area (Å²) in [5, 5.41) is 0. The first-order valence-corrected chi connectivity index (χ1v) is 16.0. The fraction of sp³-hybridized carbons (Fsp3) is 0.433. The third-order valence-corrected chi connectivity index (χ3v) is 9.66. The molecule has 4 rings (SSSR count). The average Bonchev–Trinajstić information content (AvgIpc) is 3.49. The monoisotopic (exact) mass is 603 g/mol. The Hall–Kier alpha value is -3.15. The van der Waals surface area contributed by atoms with Gasteiger partial charge in [0.2, 0.25) is 5.75 Å². The number of benzene rings is 2. The SMILES string of the molecule is CCCS(=O)(=O)c1cc([C@H]2CC[C@H](c3cc(OC)c(OC)c(OC)c3)O2)cc(OC)c1OCCSc1ccncc1. The van der Waals surface area contributed by atoms with Crippen molar-refractivity contribution in [3.05, 3.63) is 59.9 Å². The largest absolute Gasteiger partial charge is 0.493 e. The third-order valence-electron chi connectivity index (χ3n) is 6.77. The summed E-state index contributed by atoms with van der Waals surface area (Å²) >= 11 is 1.60. The highest BCUT2D eigenvalue weighted by molar-refractivity contribution is 7.99. The van der Waals surface area contributed by atoms with Crippen molar-refractivity contribution in [1.29, 1.82) is 0 Å². The molecule has 3 aromatic rings. The highest BCUT2D eigenvalue weighted by Crippen LogP contribution is 2.48. The lowest BCUT2D eigenvalue weighted by atomic mass is 10.0. The molecular weight excluding hydrogens is 566 g/mol. The molecule has 0 saturated carbocycles. The molecule has 1 aromatic heterocycles. The Morgan fingerprint density at radius 3 is 1.95 bits per heavy atom. The molecule has 0 bridgehead atoms. The molecule has 0 aliphatic carbocycles. The van der Waals surface area contributed by atoms with Crippen LogP contribution < -0.4 is 23.7 Å². The molecule has 11 heteroatoms.